The molecular weight excluding hydrogens is 356 g/mol. The molecule has 0 saturated heterocycles. The Morgan fingerprint density at radius 2 is 1.73 bits per heavy atom. The minimum atomic E-state index is -2.36. The van der Waals surface area contributed by atoms with Crippen LogP contribution in [0.3, 0.4) is 0 Å². The Morgan fingerprint density at radius 3 is 2.35 bits per heavy atom. The maximum Gasteiger partial charge on any atom is 0.162 e. The number of aromatic nitrogens is 2. The lowest BCUT2D eigenvalue weighted by Crippen LogP contribution is -2.12. The zero-order valence-corrected chi connectivity index (χ0v) is 15.2. The molecule has 2 aromatic carbocycles. The Bertz CT molecular complexity index is 949. The van der Waals surface area contributed by atoms with Crippen molar-refractivity contribution in [2.24, 2.45) is 0 Å². The van der Waals surface area contributed by atoms with Crippen LogP contribution in [0.5, 0.6) is 11.5 Å². The van der Waals surface area contributed by atoms with Gasteiger partial charge in [-0.3, -0.25) is 4.21 Å². The van der Waals surface area contributed by atoms with E-state index in [4.69, 9.17) is 9.47 Å². The zero-order chi connectivity index (χ0) is 18.7. The third-order valence-electron chi connectivity index (χ3n) is 3.89. The molecule has 1 atom stereocenters. The highest BCUT2D eigenvalue weighted by molar-refractivity contribution is 7.80. The summed E-state index contributed by atoms with van der Waals surface area (Å²) in [6, 6.07) is 10.6. The van der Waals surface area contributed by atoms with Crippen molar-refractivity contribution in [3.05, 3.63) is 42.7 Å². The highest BCUT2D eigenvalue weighted by Crippen LogP contribution is 2.36. The van der Waals surface area contributed by atoms with Gasteiger partial charge in [-0.2, -0.15) is 0 Å². The molecule has 0 radical (unpaired) electrons. The number of methoxy groups -OCH3 is 2. The molecule has 136 valence electrons. The van der Waals surface area contributed by atoms with Gasteiger partial charge in [-0.1, -0.05) is 0 Å². The molecule has 9 heteroatoms. The number of ether oxygens (including phenoxy) is 2. The van der Waals surface area contributed by atoms with E-state index >= 15 is 0 Å². The fourth-order valence-electron chi connectivity index (χ4n) is 2.61. The third-order valence-corrected chi connectivity index (χ3v) is 4.30. The van der Waals surface area contributed by atoms with Crippen LogP contribution >= 0.6 is 0 Å². The van der Waals surface area contributed by atoms with Crippen molar-refractivity contribution in [1.82, 2.24) is 9.97 Å². The normalized spacial score (nSPS) is 11.8. The van der Waals surface area contributed by atoms with E-state index in [-0.39, 0.29) is 0 Å². The molecule has 0 aliphatic heterocycles. The molecule has 0 spiro atoms. The van der Waals surface area contributed by atoms with Crippen LogP contribution < -0.4 is 19.1 Å². The van der Waals surface area contributed by atoms with E-state index in [9.17, 15) is 8.76 Å². The van der Waals surface area contributed by atoms with Gasteiger partial charge < -0.3 is 23.6 Å². The van der Waals surface area contributed by atoms with Crippen LogP contribution in [0.1, 0.15) is 0 Å². The number of benzene rings is 2. The molecule has 1 unspecified atom stereocenters. The molecule has 0 fully saturated rings. The molecule has 8 nitrogen and oxygen atoms in total. The van der Waals surface area contributed by atoms with Crippen molar-refractivity contribution in [3.8, 4) is 11.5 Å². The van der Waals surface area contributed by atoms with Crippen molar-refractivity contribution in [2.45, 2.75) is 0 Å². The molecule has 3 rings (SSSR count). The minimum absolute atomic E-state index is 0.481. The predicted molar refractivity (Wildman–Crippen MR) is 99.7 cm³/mol. The van der Waals surface area contributed by atoms with Gasteiger partial charge in [-0.05, 0) is 30.3 Å². The first-order valence-corrected chi connectivity index (χ1v) is 8.67. The molecular formula is C17H17N4O4S-. The fourth-order valence-corrected chi connectivity index (χ4v) is 2.94. The van der Waals surface area contributed by atoms with E-state index in [1.165, 1.54) is 6.33 Å². The van der Waals surface area contributed by atoms with Gasteiger partial charge in [-0.25, -0.2) is 9.97 Å². The van der Waals surface area contributed by atoms with Gasteiger partial charge >= 0.3 is 0 Å². The highest BCUT2D eigenvalue weighted by Gasteiger charge is 2.14. The first kappa shape index (κ1) is 17.9. The number of nitrogens with zero attached hydrogens (tertiary/aromatic N) is 3. The predicted octanol–water partition coefficient (Wildman–Crippen LogP) is 2.62. The van der Waals surface area contributed by atoms with Gasteiger partial charge in [0.1, 0.15) is 12.1 Å². The number of nitrogens with one attached hydrogen (secondary N) is 1. The minimum Gasteiger partial charge on any atom is -0.755 e. The Balaban J connectivity index is 2.02. The molecule has 1 aromatic heterocycles. The monoisotopic (exact) mass is 373 g/mol. The number of rotatable bonds is 6. The Morgan fingerprint density at radius 1 is 1.08 bits per heavy atom. The lowest BCUT2D eigenvalue weighted by Gasteiger charge is -2.21. The smallest absolute Gasteiger partial charge is 0.162 e. The summed E-state index contributed by atoms with van der Waals surface area (Å²) in [4.78, 5) is 10.6. The molecule has 1 heterocycles. The lowest BCUT2D eigenvalue weighted by atomic mass is 10.2. The summed E-state index contributed by atoms with van der Waals surface area (Å²) in [5.74, 6) is 1.86. The molecule has 0 aliphatic carbocycles. The maximum atomic E-state index is 10.7. The average molecular weight is 373 g/mol. The van der Waals surface area contributed by atoms with Crippen molar-refractivity contribution >= 4 is 39.4 Å². The number of hydrogen-bond acceptors (Lipinski definition) is 7. The molecule has 0 bridgehead atoms. The van der Waals surface area contributed by atoms with Crippen molar-refractivity contribution in [1.29, 1.82) is 0 Å². The van der Waals surface area contributed by atoms with Gasteiger partial charge in [0, 0.05) is 41.1 Å². The SMILES string of the molecule is COc1cc2ncnc(N(C)c3ccc(NS(=O)[O-])cc3)c2cc1OC. The summed E-state index contributed by atoms with van der Waals surface area (Å²) < 4.78 is 34.4. The Labute approximate surface area is 153 Å². The summed E-state index contributed by atoms with van der Waals surface area (Å²) in [6.45, 7) is 0. The van der Waals surface area contributed by atoms with Crippen LogP contribution in [0.25, 0.3) is 10.9 Å². The molecule has 1 N–H and O–H groups in total. The lowest BCUT2D eigenvalue weighted by molar-refractivity contribution is 0.356. The van der Waals surface area contributed by atoms with Crippen molar-refractivity contribution in [3.63, 3.8) is 0 Å². The van der Waals surface area contributed by atoms with Gasteiger partial charge in [-0.15, -0.1) is 0 Å². The average Bonchev–Trinajstić information content (AvgIpc) is 2.65. The van der Waals surface area contributed by atoms with Crippen LogP contribution in [0.15, 0.2) is 42.7 Å². The molecule has 3 aromatic rings. The summed E-state index contributed by atoms with van der Waals surface area (Å²) in [5.41, 5.74) is 2.04. The van der Waals surface area contributed by atoms with E-state index in [1.54, 1.807) is 44.6 Å². The van der Waals surface area contributed by atoms with Crippen LogP contribution in [0.2, 0.25) is 0 Å². The van der Waals surface area contributed by atoms with E-state index in [2.05, 4.69) is 14.7 Å². The first-order valence-electron chi connectivity index (χ1n) is 7.60. The summed E-state index contributed by atoms with van der Waals surface area (Å²) in [6.07, 6.45) is 1.48. The van der Waals surface area contributed by atoms with E-state index in [0.29, 0.717) is 23.0 Å². The van der Waals surface area contributed by atoms with Crippen LogP contribution in [0, 0.1) is 0 Å². The second kappa shape index (κ2) is 7.54. The van der Waals surface area contributed by atoms with Gasteiger partial charge in [0.05, 0.1) is 19.7 Å². The van der Waals surface area contributed by atoms with Gasteiger partial charge in [0.2, 0.25) is 0 Å². The van der Waals surface area contributed by atoms with Gasteiger partial charge in [0.25, 0.3) is 0 Å². The highest BCUT2D eigenvalue weighted by atomic mass is 32.2. The van der Waals surface area contributed by atoms with E-state index in [1.807, 2.05) is 18.0 Å². The molecule has 0 amide bonds. The van der Waals surface area contributed by atoms with Crippen molar-refractivity contribution < 1.29 is 18.2 Å². The number of anilines is 3. The fraction of sp³-hybridized carbons (Fsp3) is 0.176. The van der Waals surface area contributed by atoms with Crippen molar-refractivity contribution in [2.75, 3.05) is 30.9 Å². The zero-order valence-electron chi connectivity index (χ0n) is 14.4. The van der Waals surface area contributed by atoms with Crippen LogP contribution in [0.4, 0.5) is 17.2 Å². The quantitative estimate of drug-likeness (QED) is 0.663. The Hall–Kier alpha value is -2.91. The number of hydrogen-bond donors (Lipinski definition) is 1. The Kier molecular flexibility index (Phi) is 5.19. The van der Waals surface area contributed by atoms with E-state index < -0.39 is 11.3 Å². The maximum absolute atomic E-state index is 10.7. The largest absolute Gasteiger partial charge is 0.755 e. The molecule has 0 saturated carbocycles. The summed E-state index contributed by atoms with van der Waals surface area (Å²) in [5, 5.41) is 0.801. The topological polar surface area (TPSA) is 99.6 Å². The molecule has 0 aliphatic rings. The second-order valence-electron chi connectivity index (χ2n) is 5.36. The van der Waals surface area contributed by atoms with Crippen LogP contribution in [-0.2, 0) is 11.3 Å². The summed E-state index contributed by atoms with van der Waals surface area (Å²) >= 11 is -2.36. The van der Waals surface area contributed by atoms with E-state index in [0.717, 1.165) is 16.6 Å². The summed E-state index contributed by atoms with van der Waals surface area (Å²) in [7, 11) is 5.01. The van der Waals surface area contributed by atoms with Gasteiger partial charge in [0.15, 0.2) is 11.5 Å². The standard InChI is InChI=1S/C17H18N4O4S/c1-21(12-6-4-11(5-7-12)20-26(22)23)17-13-8-15(24-2)16(25-3)9-14(13)18-10-19-17/h4-10,20H,1-3H3,(H,22,23)/p-1. The number of fused-ring (bicyclic) bond motifs is 1. The van der Waals surface area contributed by atoms with Crippen LogP contribution in [-0.4, -0.2) is 40.0 Å². The first-order chi connectivity index (χ1) is 12.5. The molecule has 26 heavy (non-hydrogen) atoms. The second-order valence-corrected chi connectivity index (χ2v) is 6.04. The third kappa shape index (κ3) is 3.53.